The summed E-state index contributed by atoms with van der Waals surface area (Å²) in [6, 6.07) is 5.21. The lowest BCUT2D eigenvalue weighted by molar-refractivity contribution is 0.102. The third kappa shape index (κ3) is 3.54. The van der Waals surface area contributed by atoms with E-state index in [0.717, 1.165) is 21.1 Å². The van der Waals surface area contributed by atoms with E-state index in [2.05, 4.69) is 23.8 Å². The maximum Gasteiger partial charge on any atom is 0.173 e. The Labute approximate surface area is 160 Å². The molecule has 2 aromatic heterocycles. The number of aryl methyl sites for hydroxylation is 3. The van der Waals surface area contributed by atoms with Crippen molar-refractivity contribution in [2.24, 2.45) is 0 Å². The van der Waals surface area contributed by atoms with Crippen molar-refractivity contribution in [1.82, 2.24) is 9.97 Å². The van der Waals surface area contributed by atoms with Crippen molar-refractivity contribution < 1.29 is 14.3 Å². The number of rotatable bonds is 6. The number of fused-ring (bicyclic) bond motifs is 1. The highest BCUT2D eigenvalue weighted by molar-refractivity contribution is 8.00. The standard InChI is InChI=1S/C19H20N2O3S2/c1-10-11(2)26-19-17(10)18(20-12(3)21-19)25-9-14(22)13-6-7-15(23-4)16(8-13)24-5/h6-8H,9H2,1-5H3. The molecule has 136 valence electrons. The van der Waals surface area contributed by atoms with Crippen molar-refractivity contribution in [3.63, 3.8) is 0 Å². The number of hydrogen-bond acceptors (Lipinski definition) is 7. The molecule has 0 amide bonds. The number of methoxy groups -OCH3 is 2. The Morgan fingerprint density at radius 2 is 1.85 bits per heavy atom. The fourth-order valence-corrected chi connectivity index (χ4v) is 4.81. The smallest absolute Gasteiger partial charge is 0.173 e. The molecule has 3 aromatic rings. The van der Waals surface area contributed by atoms with Crippen molar-refractivity contribution in [3.05, 3.63) is 40.0 Å². The monoisotopic (exact) mass is 388 g/mol. The Hall–Kier alpha value is -2.12. The molecule has 0 aliphatic rings. The number of benzene rings is 1. The number of Topliss-reactive ketones (excluding diaryl/α,β-unsaturated/α-hetero) is 1. The minimum Gasteiger partial charge on any atom is -0.493 e. The second-order valence-electron chi connectivity index (χ2n) is 5.82. The first-order valence-electron chi connectivity index (χ1n) is 8.07. The van der Waals surface area contributed by atoms with Crippen molar-refractivity contribution in [1.29, 1.82) is 0 Å². The number of ketones is 1. The molecule has 0 N–H and O–H groups in total. The van der Waals surface area contributed by atoms with Crippen LogP contribution in [0.5, 0.6) is 11.5 Å². The number of ether oxygens (including phenoxy) is 2. The van der Waals surface area contributed by atoms with Crippen molar-refractivity contribution in [2.75, 3.05) is 20.0 Å². The molecule has 1 aromatic carbocycles. The zero-order chi connectivity index (χ0) is 18.8. The van der Waals surface area contributed by atoms with Crippen molar-refractivity contribution in [2.45, 2.75) is 25.8 Å². The molecule has 3 rings (SSSR count). The highest BCUT2D eigenvalue weighted by atomic mass is 32.2. The molecule has 0 bridgehead atoms. The van der Waals surface area contributed by atoms with E-state index in [1.165, 1.54) is 22.2 Å². The van der Waals surface area contributed by atoms with Crippen molar-refractivity contribution >= 4 is 39.1 Å². The minimum absolute atomic E-state index is 0.0185. The van der Waals surface area contributed by atoms with Crippen LogP contribution < -0.4 is 9.47 Å². The molecule has 0 spiro atoms. The summed E-state index contributed by atoms with van der Waals surface area (Å²) in [4.78, 5) is 23.9. The second kappa shape index (κ2) is 7.63. The summed E-state index contributed by atoms with van der Waals surface area (Å²) in [5, 5.41) is 1.92. The zero-order valence-electron chi connectivity index (χ0n) is 15.4. The highest BCUT2D eigenvalue weighted by Gasteiger charge is 2.16. The van der Waals surface area contributed by atoms with E-state index in [0.29, 0.717) is 22.8 Å². The first kappa shape index (κ1) is 18.7. The van der Waals surface area contributed by atoms with E-state index in [9.17, 15) is 4.79 Å². The molecule has 5 nitrogen and oxygen atoms in total. The van der Waals surface area contributed by atoms with Gasteiger partial charge in [-0.15, -0.1) is 11.3 Å². The number of carbonyl (C=O) groups is 1. The third-order valence-electron chi connectivity index (χ3n) is 4.15. The molecule has 0 unspecified atom stereocenters. The van der Waals surface area contributed by atoms with Crippen LogP contribution in [-0.2, 0) is 0 Å². The fraction of sp³-hybridized carbons (Fsp3) is 0.316. The van der Waals surface area contributed by atoms with Gasteiger partial charge in [0.1, 0.15) is 15.7 Å². The molecule has 0 radical (unpaired) electrons. The summed E-state index contributed by atoms with van der Waals surface area (Å²) in [6.45, 7) is 6.04. The Balaban J connectivity index is 1.85. The summed E-state index contributed by atoms with van der Waals surface area (Å²) >= 11 is 3.12. The van der Waals surface area contributed by atoms with Crippen LogP contribution in [0.25, 0.3) is 10.2 Å². The normalized spacial score (nSPS) is 11.0. The Morgan fingerprint density at radius 3 is 2.54 bits per heavy atom. The largest absolute Gasteiger partial charge is 0.493 e. The summed E-state index contributed by atoms with van der Waals surface area (Å²) in [5.74, 6) is 2.20. The number of aromatic nitrogens is 2. The zero-order valence-corrected chi connectivity index (χ0v) is 17.0. The third-order valence-corrected chi connectivity index (χ3v) is 6.23. The van der Waals surface area contributed by atoms with Crippen LogP contribution in [0.2, 0.25) is 0 Å². The molecule has 2 heterocycles. The predicted octanol–water partition coefficient (Wildman–Crippen LogP) is 4.61. The highest BCUT2D eigenvalue weighted by Crippen LogP contribution is 2.35. The number of hydrogen-bond donors (Lipinski definition) is 0. The number of thioether (sulfide) groups is 1. The minimum atomic E-state index is 0.0185. The van der Waals surface area contributed by atoms with Crippen LogP contribution in [0.4, 0.5) is 0 Å². The van der Waals surface area contributed by atoms with Gasteiger partial charge in [0, 0.05) is 15.8 Å². The summed E-state index contributed by atoms with van der Waals surface area (Å²) < 4.78 is 10.5. The Kier molecular flexibility index (Phi) is 5.48. The van der Waals surface area contributed by atoms with Gasteiger partial charge in [-0.1, -0.05) is 11.8 Å². The van der Waals surface area contributed by atoms with E-state index in [-0.39, 0.29) is 5.78 Å². The number of thiophene rings is 1. The SMILES string of the molecule is COc1ccc(C(=O)CSc2nc(C)nc3sc(C)c(C)c23)cc1OC. The quantitative estimate of drug-likeness (QED) is 0.349. The van der Waals surface area contributed by atoms with E-state index in [4.69, 9.17) is 9.47 Å². The van der Waals surface area contributed by atoms with Crippen LogP contribution in [0.15, 0.2) is 23.2 Å². The van der Waals surface area contributed by atoms with Crippen LogP contribution >= 0.6 is 23.1 Å². The average Bonchev–Trinajstić information content (AvgIpc) is 2.92. The van der Waals surface area contributed by atoms with Gasteiger partial charge in [0.15, 0.2) is 17.3 Å². The molecule has 0 aliphatic carbocycles. The van der Waals surface area contributed by atoms with Crippen LogP contribution in [0.1, 0.15) is 26.6 Å². The summed E-state index contributed by atoms with van der Waals surface area (Å²) in [6.07, 6.45) is 0. The van der Waals surface area contributed by atoms with E-state index >= 15 is 0 Å². The molecular formula is C19H20N2O3S2. The molecule has 0 fully saturated rings. The van der Waals surface area contributed by atoms with Gasteiger partial charge in [0.05, 0.1) is 20.0 Å². The first-order chi connectivity index (χ1) is 12.4. The second-order valence-corrected chi connectivity index (χ2v) is 7.99. The maximum atomic E-state index is 12.6. The van der Waals surface area contributed by atoms with Crippen LogP contribution in [-0.4, -0.2) is 35.7 Å². The molecule has 0 atom stereocenters. The van der Waals surface area contributed by atoms with Crippen molar-refractivity contribution in [3.8, 4) is 11.5 Å². The molecular weight excluding hydrogens is 368 g/mol. The number of nitrogens with zero attached hydrogens (tertiary/aromatic N) is 2. The average molecular weight is 389 g/mol. The lowest BCUT2D eigenvalue weighted by atomic mass is 10.1. The first-order valence-corrected chi connectivity index (χ1v) is 9.87. The lowest BCUT2D eigenvalue weighted by Crippen LogP contribution is -2.04. The van der Waals surface area contributed by atoms with Gasteiger partial charge in [-0.2, -0.15) is 0 Å². The van der Waals surface area contributed by atoms with Crippen LogP contribution in [0.3, 0.4) is 0 Å². The molecule has 0 aliphatic heterocycles. The van der Waals surface area contributed by atoms with Gasteiger partial charge in [0.2, 0.25) is 0 Å². The van der Waals surface area contributed by atoms with E-state index in [1.54, 1.807) is 43.8 Å². The van der Waals surface area contributed by atoms with Gasteiger partial charge < -0.3 is 9.47 Å². The molecule has 26 heavy (non-hydrogen) atoms. The van der Waals surface area contributed by atoms with Gasteiger partial charge in [-0.3, -0.25) is 4.79 Å². The maximum absolute atomic E-state index is 12.6. The van der Waals surface area contributed by atoms with Gasteiger partial charge in [0.25, 0.3) is 0 Å². The Morgan fingerprint density at radius 1 is 1.12 bits per heavy atom. The lowest BCUT2D eigenvalue weighted by Gasteiger charge is -2.09. The molecule has 0 saturated heterocycles. The van der Waals surface area contributed by atoms with Crippen LogP contribution in [0, 0.1) is 20.8 Å². The van der Waals surface area contributed by atoms with Gasteiger partial charge in [-0.05, 0) is 44.5 Å². The number of carbonyl (C=O) groups excluding carboxylic acids is 1. The summed E-state index contributed by atoms with van der Waals surface area (Å²) in [5.41, 5.74) is 1.78. The molecule has 0 saturated carbocycles. The van der Waals surface area contributed by atoms with E-state index < -0.39 is 0 Å². The van der Waals surface area contributed by atoms with E-state index in [1.807, 2.05) is 6.92 Å². The predicted molar refractivity (Wildman–Crippen MR) is 106 cm³/mol. The summed E-state index contributed by atoms with van der Waals surface area (Å²) in [7, 11) is 3.13. The topological polar surface area (TPSA) is 61.3 Å². The van der Waals surface area contributed by atoms with Gasteiger partial charge >= 0.3 is 0 Å². The molecule has 7 heteroatoms. The Bertz CT molecular complexity index is 983. The fourth-order valence-electron chi connectivity index (χ4n) is 2.65. The van der Waals surface area contributed by atoms with Gasteiger partial charge in [-0.25, -0.2) is 9.97 Å².